The maximum absolute atomic E-state index is 11.8. The molecule has 0 aliphatic heterocycles. The molecule has 4 nitrogen and oxygen atoms in total. The number of hydrogen-bond donors (Lipinski definition) is 1. The maximum Gasteiger partial charge on any atom is 0.178 e. The largest absolute Gasteiger partial charge is 0.331 e. The van der Waals surface area contributed by atoms with Crippen molar-refractivity contribution >= 4 is 44.7 Å². The number of hydrogen-bond acceptors (Lipinski definition) is 3. The fourth-order valence-corrected chi connectivity index (χ4v) is 2.73. The molecule has 0 fully saturated rings. The van der Waals surface area contributed by atoms with Crippen LogP contribution in [0.25, 0.3) is 11.0 Å². The predicted molar refractivity (Wildman–Crippen MR) is 81.1 cm³/mol. The quantitative estimate of drug-likeness (QED) is 0.884. The van der Waals surface area contributed by atoms with Gasteiger partial charge in [0, 0.05) is 12.8 Å². The van der Waals surface area contributed by atoms with Gasteiger partial charge in [0.05, 0.1) is 20.8 Å². The third kappa shape index (κ3) is 2.57. The normalized spacial score (nSPS) is 13.1. The van der Waals surface area contributed by atoms with Crippen molar-refractivity contribution in [2.24, 2.45) is 0 Å². The number of para-hydroxylation sites is 1. The molecule has 2 aromatic rings. The highest BCUT2D eigenvalue weighted by atomic mass is 35.5. The van der Waals surface area contributed by atoms with E-state index in [1.807, 2.05) is 12.1 Å². The lowest BCUT2D eigenvalue weighted by Gasteiger charge is -2.23. The minimum absolute atomic E-state index is 0.258. The fraction of sp³-hybridized carbons (Fsp3) is 0.417. The number of halogens is 1. The summed E-state index contributed by atoms with van der Waals surface area (Å²) in [6.45, 7) is 3.62. The minimum atomic E-state index is -3.20. The highest BCUT2D eigenvalue weighted by Crippen LogP contribution is 2.26. The van der Waals surface area contributed by atoms with Gasteiger partial charge in [-0.05, 0) is 38.2 Å². The molecule has 7 heteroatoms. The second-order valence-corrected chi connectivity index (χ2v) is 8.63. The van der Waals surface area contributed by atoms with Crippen molar-refractivity contribution in [3.05, 3.63) is 28.0 Å². The van der Waals surface area contributed by atoms with E-state index in [0.717, 1.165) is 11.0 Å². The Morgan fingerprint density at radius 2 is 2.05 bits per heavy atom. The third-order valence-electron chi connectivity index (χ3n) is 3.29. The number of fused-ring (bicyclic) bond motifs is 1. The van der Waals surface area contributed by atoms with E-state index in [0.29, 0.717) is 9.79 Å². The van der Waals surface area contributed by atoms with E-state index in [1.165, 1.54) is 6.26 Å². The van der Waals surface area contributed by atoms with Crippen LogP contribution in [0.15, 0.2) is 18.2 Å². The zero-order valence-corrected chi connectivity index (χ0v) is 13.3. The Labute approximate surface area is 122 Å². The van der Waals surface area contributed by atoms with Crippen LogP contribution in [0.4, 0.5) is 0 Å². The fourth-order valence-electron chi connectivity index (χ4n) is 1.82. The summed E-state index contributed by atoms with van der Waals surface area (Å²) in [7, 11) is -3.20. The van der Waals surface area contributed by atoms with Crippen LogP contribution < -0.4 is 0 Å². The number of rotatable bonds is 3. The molecule has 19 heavy (non-hydrogen) atoms. The van der Waals surface area contributed by atoms with Gasteiger partial charge in [-0.1, -0.05) is 17.7 Å². The van der Waals surface area contributed by atoms with Crippen LogP contribution in [0.2, 0.25) is 5.02 Å². The van der Waals surface area contributed by atoms with Crippen molar-refractivity contribution in [1.82, 2.24) is 9.55 Å². The first-order valence-electron chi connectivity index (χ1n) is 5.70. The Balaban J connectivity index is 2.65. The van der Waals surface area contributed by atoms with Gasteiger partial charge in [0.25, 0.3) is 0 Å². The van der Waals surface area contributed by atoms with Crippen LogP contribution >= 0.6 is 23.8 Å². The van der Waals surface area contributed by atoms with Crippen LogP contribution in [-0.2, 0) is 16.4 Å². The Kier molecular flexibility index (Phi) is 3.53. The Morgan fingerprint density at radius 3 is 2.63 bits per heavy atom. The van der Waals surface area contributed by atoms with Gasteiger partial charge in [0.1, 0.15) is 0 Å². The summed E-state index contributed by atoms with van der Waals surface area (Å²) in [5.41, 5.74) is 1.55. The molecule has 0 unspecified atom stereocenters. The molecule has 0 saturated heterocycles. The second kappa shape index (κ2) is 4.61. The number of sulfone groups is 1. The van der Waals surface area contributed by atoms with Gasteiger partial charge in [-0.3, -0.25) is 0 Å². The molecule has 0 atom stereocenters. The third-order valence-corrected chi connectivity index (χ3v) is 6.05. The van der Waals surface area contributed by atoms with Crippen LogP contribution in [0.5, 0.6) is 0 Å². The van der Waals surface area contributed by atoms with Gasteiger partial charge in [-0.25, -0.2) is 8.42 Å². The van der Waals surface area contributed by atoms with Crippen LogP contribution in [0.1, 0.15) is 13.8 Å². The van der Waals surface area contributed by atoms with Crippen LogP contribution in [0.3, 0.4) is 0 Å². The average Bonchev–Trinajstić information content (AvgIpc) is 2.54. The van der Waals surface area contributed by atoms with E-state index in [-0.39, 0.29) is 6.54 Å². The van der Waals surface area contributed by atoms with Gasteiger partial charge in [0.15, 0.2) is 14.6 Å². The second-order valence-electron chi connectivity index (χ2n) is 5.18. The van der Waals surface area contributed by atoms with Crippen molar-refractivity contribution in [2.75, 3.05) is 6.26 Å². The van der Waals surface area contributed by atoms with Gasteiger partial charge in [-0.15, -0.1) is 0 Å². The number of aromatic amines is 1. The van der Waals surface area contributed by atoms with Crippen molar-refractivity contribution in [2.45, 2.75) is 25.1 Å². The van der Waals surface area contributed by atoms with E-state index < -0.39 is 14.6 Å². The van der Waals surface area contributed by atoms with Gasteiger partial charge in [-0.2, -0.15) is 0 Å². The zero-order chi connectivity index (χ0) is 14.4. The molecule has 1 aromatic heterocycles. The Hall–Kier alpha value is -0.850. The summed E-state index contributed by atoms with van der Waals surface area (Å²) in [5, 5.41) is 0.550. The summed E-state index contributed by atoms with van der Waals surface area (Å²) in [4.78, 5) is 3.04. The number of nitrogens with one attached hydrogen (secondary N) is 1. The number of imidazole rings is 1. The SMILES string of the molecule is CC(C)(Cn1c(=S)[nH]c2cccc(Cl)c21)S(C)(=O)=O. The van der Waals surface area contributed by atoms with E-state index in [1.54, 1.807) is 24.5 Å². The van der Waals surface area contributed by atoms with E-state index >= 15 is 0 Å². The first-order chi connectivity index (χ1) is 8.63. The lowest BCUT2D eigenvalue weighted by molar-refractivity contribution is 0.506. The van der Waals surface area contributed by atoms with Gasteiger partial charge < -0.3 is 9.55 Å². The van der Waals surface area contributed by atoms with Crippen molar-refractivity contribution in [3.63, 3.8) is 0 Å². The monoisotopic (exact) mass is 318 g/mol. The predicted octanol–water partition coefficient (Wildman–Crippen LogP) is 3.18. The van der Waals surface area contributed by atoms with E-state index in [2.05, 4.69) is 4.98 Å². The molecule has 0 aliphatic carbocycles. The summed E-state index contributed by atoms with van der Waals surface area (Å²) < 4.78 is 24.9. The lowest BCUT2D eigenvalue weighted by Crippen LogP contribution is -2.35. The van der Waals surface area contributed by atoms with Crippen molar-refractivity contribution in [1.29, 1.82) is 0 Å². The average molecular weight is 319 g/mol. The summed E-state index contributed by atoms with van der Waals surface area (Å²) in [6, 6.07) is 5.44. The summed E-state index contributed by atoms with van der Waals surface area (Å²) in [5.74, 6) is 0. The van der Waals surface area contributed by atoms with Crippen LogP contribution in [-0.4, -0.2) is 29.0 Å². The van der Waals surface area contributed by atoms with Crippen molar-refractivity contribution in [3.8, 4) is 0 Å². The molecule has 104 valence electrons. The van der Waals surface area contributed by atoms with Crippen LogP contribution in [0, 0.1) is 4.77 Å². The molecular weight excluding hydrogens is 304 g/mol. The number of benzene rings is 1. The molecule has 0 aliphatic rings. The lowest BCUT2D eigenvalue weighted by atomic mass is 10.2. The molecule has 1 heterocycles. The zero-order valence-electron chi connectivity index (χ0n) is 10.9. The molecule has 0 amide bonds. The molecule has 2 rings (SSSR count). The molecule has 1 N–H and O–H groups in total. The van der Waals surface area contributed by atoms with Gasteiger partial charge in [0.2, 0.25) is 0 Å². The first-order valence-corrected chi connectivity index (χ1v) is 8.38. The molecule has 1 aromatic carbocycles. The molecule has 0 radical (unpaired) electrons. The maximum atomic E-state index is 11.8. The Bertz CT molecular complexity index is 788. The molecule has 0 spiro atoms. The summed E-state index contributed by atoms with van der Waals surface area (Å²) in [6.07, 6.45) is 1.23. The number of H-pyrrole nitrogens is 1. The topological polar surface area (TPSA) is 54.9 Å². The van der Waals surface area contributed by atoms with Gasteiger partial charge >= 0.3 is 0 Å². The first kappa shape index (κ1) is 14.6. The Morgan fingerprint density at radius 1 is 1.42 bits per heavy atom. The number of aromatic nitrogens is 2. The highest BCUT2D eigenvalue weighted by molar-refractivity contribution is 7.92. The minimum Gasteiger partial charge on any atom is -0.331 e. The molecule has 0 bridgehead atoms. The molecule has 0 saturated carbocycles. The van der Waals surface area contributed by atoms with E-state index in [9.17, 15) is 8.42 Å². The standard InChI is InChI=1S/C12H15ClN2O2S2/c1-12(2,19(3,16)17)7-15-10-8(13)5-4-6-9(10)14-11(15)18/h4-6H,7H2,1-3H3,(H,14,18). The highest BCUT2D eigenvalue weighted by Gasteiger charge is 2.31. The van der Waals surface area contributed by atoms with Crippen molar-refractivity contribution < 1.29 is 8.42 Å². The smallest absolute Gasteiger partial charge is 0.178 e. The summed E-state index contributed by atoms with van der Waals surface area (Å²) >= 11 is 11.4. The van der Waals surface area contributed by atoms with E-state index in [4.69, 9.17) is 23.8 Å². The number of nitrogens with zero attached hydrogens (tertiary/aromatic N) is 1. The molecular formula is C12H15ClN2O2S2.